The second kappa shape index (κ2) is 7.11. The lowest BCUT2D eigenvalue weighted by Crippen LogP contribution is -2.14. The maximum atomic E-state index is 13.9. The Bertz CT molecular complexity index is 594. The highest BCUT2D eigenvalue weighted by Crippen LogP contribution is 2.30. The molecule has 2 aromatic carbocycles. The zero-order valence-electron chi connectivity index (χ0n) is 11.0. The first-order valence-electron chi connectivity index (χ1n) is 6.08. The molecule has 0 radical (unpaired) electrons. The van der Waals surface area contributed by atoms with Gasteiger partial charge < -0.3 is 10.5 Å². The van der Waals surface area contributed by atoms with E-state index >= 15 is 0 Å². The van der Waals surface area contributed by atoms with Crippen molar-refractivity contribution in [3.63, 3.8) is 0 Å². The third kappa shape index (κ3) is 3.75. The number of methoxy groups -OCH3 is 1. The van der Waals surface area contributed by atoms with Crippen LogP contribution in [0.1, 0.15) is 11.6 Å². The third-order valence-corrected chi connectivity index (χ3v) is 5.01. The van der Waals surface area contributed by atoms with Crippen molar-refractivity contribution >= 4 is 27.7 Å². The lowest BCUT2D eigenvalue weighted by atomic mass is 10.1. The minimum atomic E-state index is -0.363. The Balaban J connectivity index is 2.05. The predicted octanol–water partition coefficient (Wildman–Crippen LogP) is 4.39. The summed E-state index contributed by atoms with van der Waals surface area (Å²) < 4.78 is 19.9. The van der Waals surface area contributed by atoms with E-state index in [9.17, 15) is 4.39 Å². The second-order valence-corrected chi connectivity index (χ2v) is 6.15. The molecular formula is C15H15BrFNOS. The zero-order valence-corrected chi connectivity index (χ0v) is 13.4. The van der Waals surface area contributed by atoms with E-state index in [0.29, 0.717) is 17.1 Å². The third-order valence-electron chi connectivity index (χ3n) is 2.86. The average molecular weight is 356 g/mol. The summed E-state index contributed by atoms with van der Waals surface area (Å²) in [5.41, 5.74) is 6.57. The molecule has 2 aromatic rings. The minimum absolute atomic E-state index is 0.329. The highest BCUT2D eigenvalue weighted by Gasteiger charge is 2.13. The Labute approximate surface area is 130 Å². The molecule has 0 aliphatic rings. The van der Waals surface area contributed by atoms with Gasteiger partial charge in [-0.25, -0.2) is 4.39 Å². The second-order valence-electron chi connectivity index (χ2n) is 4.24. The quantitative estimate of drug-likeness (QED) is 0.807. The van der Waals surface area contributed by atoms with Gasteiger partial charge >= 0.3 is 0 Å². The van der Waals surface area contributed by atoms with Crippen LogP contribution >= 0.6 is 27.7 Å². The van der Waals surface area contributed by atoms with E-state index < -0.39 is 0 Å². The Hall–Kier alpha value is -1.04. The van der Waals surface area contributed by atoms with Gasteiger partial charge in [0.05, 0.1) is 7.11 Å². The van der Waals surface area contributed by atoms with Gasteiger partial charge in [0, 0.05) is 32.8 Å². The predicted molar refractivity (Wildman–Crippen MR) is 84.7 cm³/mol. The van der Waals surface area contributed by atoms with Crippen molar-refractivity contribution in [3.05, 3.63) is 58.3 Å². The van der Waals surface area contributed by atoms with Crippen LogP contribution in [0.2, 0.25) is 0 Å². The molecule has 0 fully saturated rings. The molecule has 0 saturated heterocycles. The Kier molecular flexibility index (Phi) is 5.46. The average Bonchev–Trinajstić information content (AvgIpc) is 2.46. The van der Waals surface area contributed by atoms with Crippen LogP contribution in [-0.4, -0.2) is 12.9 Å². The molecule has 0 aromatic heterocycles. The summed E-state index contributed by atoms with van der Waals surface area (Å²) in [4.78, 5) is 1.09. The van der Waals surface area contributed by atoms with Gasteiger partial charge in [-0.05, 0) is 34.1 Å². The van der Waals surface area contributed by atoms with Crippen molar-refractivity contribution in [2.75, 3.05) is 12.9 Å². The Morgan fingerprint density at radius 1 is 1.30 bits per heavy atom. The molecule has 2 nitrogen and oxygen atoms in total. The van der Waals surface area contributed by atoms with Crippen molar-refractivity contribution in [2.24, 2.45) is 5.73 Å². The van der Waals surface area contributed by atoms with Crippen LogP contribution in [0.5, 0.6) is 5.75 Å². The topological polar surface area (TPSA) is 35.2 Å². The molecule has 2 rings (SSSR count). The summed E-state index contributed by atoms with van der Waals surface area (Å²) in [5, 5.41) is 0. The first kappa shape index (κ1) is 15.4. The zero-order chi connectivity index (χ0) is 14.5. The normalized spacial score (nSPS) is 12.2. The number of benzene rings is 2. The fourth-order valence-electron chi connectivity index (χ4n) is 1.77. The summed E-state index contributed by atoms with van der Waals surface area (Å²) in [6.45, 7) is 0. The molecule has 0 saturated carbocycles. The fraction of sp³-hybridized carbons (Fsp3) is 0.200. The molecule has 1 unspecified atom stereocenters. The largest absolute Gasteiger partial charge is 0.497 e. The summed E-state index contributed by atoms with van der Waals surface area (Å²) in [5.74, 6) is 0.771. The monoisotopic (exact) mass is 355 g/mol. The van der Waals surface area contributed by atoms with Gasteiger partial charge in [-0.1, -0.05) is 18.2 Å². The van der Waals surface area contributed by atoms with Gasteiger partial charge in [0.25, 0.3) is 0 Å². The Morgan fingerprint density at radius 3 is 2.70 bits per heavy atom. The molecule has 0 spiro atoms. The molecule has 0 aliphatic carbocycles. The first-order valence-corrected chi connectivity index (χ1v) is 7.86. The van der Waals surface area contributed by atoms with Crippen molar-refractivity contribution in [1.82, 2.24) is 0 Å². The van der Waals surface area contributed by atoms with Crippen molar-refractivity contribution in [2.45, 2.75) is 10.9 Å². The summed E-state index contributed by atoms with van der Waals surface area (Å²) in [6.07, 6.45) is 0. The summed E-state index contributed by atoms with van der Waals surface area (Å²) in [7, 11) is 1.51. The van der Waals surface area contributed by atoms with Crippen molar-refractivity contribution < 1.29 is 9.13 Å². The van der Waals surface area contributed by atoms with Gasteiger partial charge in [0.2, 0.25) is 0 Å². The number of thioether (sulfide) groups is 1. The van der Waals surface area contributed by atoms with Crippen LogP contribution < -0.4 is 10.5 Å². The number of nitrogens with two attached hydrogens (primary N) is 1. The van der Waals surface area contributed by atoms with E-state index in [1.807, 2.05) is 24.3 Å². The number of ether oxygens (including phenoxy) is 1. The van der Waals surface area contributed by atoms with Crippen molar-refractivity contribution in [1.29, 1.82) is 0 Å². The SMILES string of the molecule is COc1ccc(C(N)CSc2ccccc2Br)c(F)c1. The maximum absolute atomic E-state index is 13.9. The van der Waals surface area contributed by atoms with Gasteiger partial charge in [-0.15, -0.1) is 11.8 Å². The van der Waals surface area contributed by atoms with E-state index in [1.165, 1.54) is 13.2 Å². The van der Waals surface area contributed by atoms with E-state index in [2.05, 4.69) is 15.9 Å². The molecule has 5 heteroatoms. The standard InChI is InChI=1S/C15H15BrFNOS/c1-19-10-6-7-11(13(17)8-10)14(18)9-20-15-5-3-2-4-12(15)16/h2-8,14H,9,18H2,1H3. The van der Waals surface area contributed by atoms with Crippen LogP contribution in [-0.2, 0) is 0 Å². The molecule has 20 heavy (non-hydrogen) atoms. The molecule has 2 N–H and O–H groups in total. The van der Waals surface area contributed by atoms with Gasteiger partial charge in [-0.2, -0.15) is 0 Å². The van der Waals surface area contributed by atoms with Crippen LogP contribution in [0, 0.1) is 5.82 Å². The smallest absolute Gasteiger partial charge is 0.131 e. The van der Waals surface area contributed by atoms with Gasteiger partial charge in [0.1, 0.15) is 11.6 Å². The fourth-order valence-corrected chi connectivity index (χ4v) is 3.31. The number of rotatable bonds is 5. The molecule has 106 valence electrons. The molecule has 0 amide bonds. The van der Waals surface area contributed by atoms with Gasteiger partial charge in [0.15, 0.2) is 0 Å². The van der Waals surface area contributed by atoms with Gasteiger partial charge in [-0.3, -0.25) is 0 Å². The summed E-state index contributed by atoms with van der Waals surface area (Å²) in [6, 6.07) is 12.3. The minimum Gasteiger partial charge on any atom is -0.497 e. The number of halogens is 2. The molecule has 1 atom stereocenters. The lowest BCUT2D eigenvalue weighted by Gasteiger charge is -2.14. The molecule has 0 heterocycles. The maximum Gasteiger partial charge on any atom is 0.131 e. The molecule has 0 bridgehead atoms. The van der Waals surface area contributed by atoms with E-state index in [4.69, 9.17) is 10.5 Å². The highest BCUT2D eigenvalue weighted by atomic mass is 79.9. The van der Waals surface area contributed by atoms with E-state index in [1.54, 1.807) is 23.9 Å². The lowest BCUT2D eigenvalue weighted by molar-refractivity contribution is 0.410. The van der Waals surface area contributed by atoms with Crippen LogP contribution in [0.25, 0.3) is 0 Å². The molecular weight excluding hydrogens is 341 g/mol. The Morgan fingerprint density at radius 2 is 2.05 bits per heavy atom. The van der Waals surface area contributed by atoms with Crippen molar-refractivity contribution in [3.8, 4) is 5.75 Å². The number of hydrogen-bond acceptors (Lipinski definition) is 3. The van der Waals surface area contributed by atoms with Crippen LogP contribution in [0.3, 0.4) is 0 Å². The van der Waals surface area contributed by atoms with E-state index in [0.717, 1.165) is 9.37 Å². The van der Waals surface area contributed by atoms with Crippen LogP contribution in [0.4, 0.5) is 4.39 Å². The van der Waals surface area contributed by atoms with E-state index in [-0.39, 0.29) is 11.9 Å². The van der Waals surface area contributed by atoms with Crippen LogP contribution in [0.15, 0.2) is 51.8 Å². The summed E-state index contributed by atoms with van der Waals surface area (Å²) >= 11 is 5.08. The molecule has 0 aliphatic heterocycles. The first-order chi connectivity index (χ1) is 9.61. The highest BCUT2D eigenvalue weighted by molar-refractivity contribution is 9.10. The number of hydrogen-bond donors (Lipinski definition) is 1.